The predicted octanol–water partition coefficient (Wildman–Crippen LogP) is 3.36. The van der Waals surface area contributed by atoms with E-state index in [1.807, 2.05) is 38.1 Å². The molecule has 0 aliphatic heterocycles. The first kappa shape index (κ1) is 17.0. The van der Waals surface area contributed by atoms with Crippen LogP contribution in [0.2, 0.25) is 0 Å². The number of rotatable bonds is 8. The molecule has 2 amide bonds. The lowest BCUT2D eigenvalue weighted by Gasteiger charge is -2.22. The van der Waals surface area contributed by atoms with Crippen LogP contribution in [0.25, 0.3) is 0 Å². The van der Waals surface area contributed by atoms with Crippen molar-refractivity contribution in [3.8, 4) is 0 Å². The second-order valence-corrected chi connectivity index (χ2v) is 4.97. The molecule has 0 saturated carbocycles. The summed E-state index contributed by atoms with van der Waals surface area (Å²) in [6, 6.07) is 7.22. The van der Waals surface area contributed by atoms with Crippen molar-refractivity contribution in [2.24, 2.45) is 0 Å². The van der Waals surface area contributed by atoms with Gasteiger partial charge in [0.2, 0.25) is 0 Å². The molecule has 5 nitrogen and oxygen atoms in total. The van der Waals surface area contributed by atoms with Crippen LogP contribution in [0.5, 0.6) is 0 Å². The van der Waals surface area contributed by atoms with Crippen molar-refractivity contribution in [2.45, 2.75) is 39.5 Å². The number of carboxylic acids is 1. The first-order valence-corrected chi connectivity index (χ1v) is 7.44. The fourth-order valence-electron chi connectivity index (χ4n) is 2.15. The lowest BCUT2D eigenvalue weighted by atomic mass is 10.1. The fraction of sp³-hybridized carbons (Fsp3) is 0.500. The van der Waals surface area contributed by atoms with Crippen LogP contribution in [-0.4, -0.2) is 35.1 Å². The number of anilines is 1. The van der Waals surface area contributed by atoms with Crippen LogP contribution in [0, 0.1) is 0 Å². The molecule has 2 N–H and O–H groups in total. The average molecular weight is 292 g/mol. The Hall–Kier alpha value is -2.04. The number of carbonyl (C=O) groups is 2. The highest BCUT2D eigenvalue weighted by molar-refractivity contribution is 5.90. The summed E-state index contributed by atoms with van der Waals surface area (Å²) < 4.78 is 0. The zero-order valence-electron chi connectivity index (χ0n) is 12.8. The summed E-state index contributed by atoms with van der Waals surface area (Å²) in [6.07, 6.45) is 2.29. The van der Waals surface area contributed by atoms with Crippen LogP contribution in [-0.2, 0) is 11.2 Å². The number of hydrogen-bond donors (Lipinski definition) is 2. The van der Waals surface area contributed by atoms with Crippen LogP contribution in [0.3, 0.4) is 0 Å². The summed E-state index contributed by atoms with van der Waals surface area (Å²) in [5.74, 6) is -0.838. The number of nitrogens with zero attached hydrogens (tertiary/aromatic N) is 1. The smallest absolute Gasteiger partial charge is 0.321 e. The van der Waals surface area contributed by atoms with Gasteiger partial charge in [0.05, 0.1) is 0 Å². The van der Waals surface area contributed by atoms with Gasteiger partial charge in [-0.05, 0) is 30.9 Å². The largest absolute Gasteiger partial charge is 0.481 e. The van der Waals surface area contributed by atoms with Gasteiger partial charge in [-0.1, -0.05) is 32.0 Å². The molecule has 0 fully saturated rings. The van der Waals surface area contributed by atoms with E-state index < -0.39 is 5.97 Å². The number of nitrogens with one attached hydrogen (secondary N) is 1. The van der Waals surface area contributed by atoms with Gasteiger partial charge in [-0.25, -0.2) is 4.79 Å². The van der Waals surface area contributed by atoms with Crippen molar-refractivity contribution in [3.05, 3.63) is 29.8 Å². The molecule has 5 heteroatoms. The second kappa shape index (κ2) is 9.00. The topological polar surface area (TPSA) is 69.6 Å². The molecule has 0 aromatic heterocycles. The normalized spacial score (nSPS) is 10.2. The SMILES string of the molecule is CCCN(CCC)C(=O)Nc1ccccc1CCC(=O)O. The Bertz CT molecular complexity index is 468. The minimum atomic E-state index is -0.838. The van der Waals surface area contributed by atoms with Gasteiger partial charge in [0.15, 0.2) is 0 Å². The van der Waals surface area contributed by atoms with E-state index in [2.05, 4.69) is 5.32 Å². The molecule has 0 bridgehead atoms. The number of amides is 2. The maximum absolute atomic E-state index is 12.3. The molecule has 0 saturated heterocycles. The van der Waals surface area contributed by atoms with Gasteiger partial charge in [-0.2, -0.15) is 0 Å². The molecular weight excluding hydrogens is 268 g/mol. The first-order chi connectivity index (χ1) is 10.1. The number of benzene rings is 1. The third kappa shape index (κ3) is 5.85. The summed E-state index contributed by atoms with van der Waals surface area (Å²) in [4.78, 5) is 24.8. The number of carbonyl (C=O) groups excluding carboxylic acids is 1. The molecule has 0 aliphatic rings. The standard InChI is InChI=1S/C16H24N2O3/c1-3-11-18(12-4-2)16(21)17-14-8-6-5-7-13(14)9-10-15(19)20/h5-8H,3-4,9-12H2,1-2H3,(H,17,21)(H,19,20). The summed E-state index contributed by atoms with van der Waals surface area (Å²) in [6.45, 7) is 5.52. The molecule has 1 rings (SSSR count). The summed E-state index contributed by atoms with van der Waals surface area (Å²) >= 11 is 0. The van der Waals surface area contributed by atoms with Gasteiger partial charge in [0, 0.05) is 25.2 Å². The van der Waals surface area contributed by atoms with Crippen molar-refractivity contribution < 1.29 is 14.7 Å². The zero-order chi connectivity index (χ0) is 15.7. The molecule has 1 aromatic carbocycles. The minimum absolute atomic E-state index is 0.0561. The van der Waals surface area contributed by atoms with Gasteiger partial charge < -0.3 is 15.3 Å². The fourth-order valence-corrected chi connectivity index (χ4v) is 2.15. The van der Waals surface area contributed by atoms with Gasteiger partial charge >= 0.3 is 12.0 Å². The van der Waals surface area contributed by atoms with Gasteiger partial charge in [0.25, 0.3) is 0 Å². The van der Waals surface area contributed by atoms with E-state index in [4.69, 9.17) is 5.11 Å². The molecule has 0 heterocycles. The molecule has 0 radical (unpaired) electrons. The van der Waals surface area contributed by atoms with Gasteiger partial charge in [0.1, 0.15) is 0 Å². The number of aliphatic carboxylic acids is 1. The highest BCUT2D eigenvalue weighted by Gasteiger charge is 2.13. The lowest BCUT2D eigenvalue weighted by molar-refractivity contribution is -0.136. The van der Waals surface area contributed by atoms with Crippen molar-refractivity contribution >= 4 is 17.7 Å². The molecule has 116 valence electrons. The number of urea groups is 1. The number of hydrogen-bond acceptors (Lipinski definition) is 2. The average Bonchev–Trinajstić information content (AvgIpc) is 2.46. The summed E-state index contributed by atoms with van der Waals surface area (Å²) in [7, 11) is 0. The quantitative estimate of drug-likeness (QED) is 0.772. The Kier molecular flexibility index (Phi) is 7.29. The van der Waals surface area contributed by atoms with Crippen LogP contribution in [0.4, 0.5) is 10.5 Å². The summed E-state index contributed by atoms with van der Waals surface area (Å²) in [5.41, 5.74) is 1.54. The van der Waals surface area contributed by atoms with Crippen molar-refractivity contribution in [2.75, 3.05) is 18.4 Å². The second-order valence-electron chi connectivity index (χ2n) is 4.97. The molecule has 0 aliphatic carbocycles. The van der Waals surface area contributed by atoms with E-state index in [0.29, 0.717) is 12.1 Å². The predicted molar refractivity (Wildman–Crippen MR) is 83.6 cm³/mol. The molecule has 1 aromatic rings. The molecule has 0 atom stereocenters. The van der Waals surface area contributed by atoms with Crippen molar-refractivity contribution in [3.63, 3.8) is 0 Å². The monoisotopic (exact) mass is 292 g/mol. The van der Waals surface area contributed by atoms with Gasteiger partial charge in [-0.15, -0.1) is 0 Å². The Balaban J connectivity index is 2.76. The van der Waals surface area contributed by atoms with Crippen molar-refractivity contribution in [1.82, 2.24) is 4.90 Å². The highest BCUT2D eigenvalue weighted by atomic mass is 16.4. The minimum Gasteiger partial charge on any atom is -0.481 e. The van der Waals surface area contributed by atoms with E-state index in [9.17, 15) is 9.59 Å². The maximum atomic E-state index is 12.3. The third-order valence-corrected chi connectivity index (χ3v) is 3.14. The zero-order valence-corrected chi connectivity index (χ0v) is 12.8. The molecule has 21 heavy (non-hydrogen) atoms. The van der Waals surface area contributed by atoms with E-state index in [1.54, 1.807) is 4.90 Å². The Morgan fingerprint density at radius 1 is 1.14 bits per heavy atom. The summed E-state index contributed by atoms with van der Waals surface area (Å²) in [5, 5.41) is 11.7. The number of aryl methyl sites for hydroxylation is 1. The molecule has 0 unspecified atom stereocenters. The van der Waals surface area contributed by atoms with Crippen LogP contribution < -0.4 is 5.32 Å². The Morgan fingerprint density at radius 3 is 2.33 bits per heavy atom. The molecular formula is C16H24N2O3. The van der Waals surface area contributed by atoms with E-state index >= 15 is 0 Å². The van der Waals surface area contributed by atoms with E-state index in [1.165, 1.54) is 0 Å². The highest BCUT2D eigenvalue weighted by Crippen LogP contribution is 2.17. The number of carboxylic acid groups (broad SMARTS) is 1. The molecule has 0 spiro atoms. The van der Waals surface area contributed by atoms with E-state index in [-0.39, 0.29) is 12.5 Å². The third-order valence-electron chi connectivity index (χ3n) is 3.14. The van der Waals surface area contributed by atoms with Crippen LogP contribution in [0.1, 0.15) is 38.7 Å². The lowest BCUT2D eigenvalue weighted by Crippen LogP contribution is -2.36. The maximum Gasteiger partial charge on any atom is 0.321 e. The van der Waals surface area contributed by atoms with Crippen LogP contribution in [0.15, 0.2) is 24.3 Å². The van der Waals surface area contributed by atoms with E-state index in [0.717, 1.165) is 31.5 Å². The Labute approximate surface area is 126 Å². The van der Waals surface area contributed by atoms with Crippen molar-refractivity contribution in [1.29, 1.82) is 0 Å². The number of para-hydroxylation sites is 1. The van der Waals surface area contributed by atoms with Crippen LogP contribution >= 0.6 is 0 Å². The van der Waals surface area contributed by atoms with Gasteiger partial charge in [-0.3, -0.25) is 4.79 Å². The Morgan fingerprint density at radius 2 is 1.76 bits per heavy atom. The first-order valence-electron chi connectivity index (χ1n) is 7.44.